The molecule has 0 N–H and O–H groups in total. The zero-order chi connectivity index (χ0) is 8.69. The van der Waals surface area contributed by atoms with E-state index in [1.165, 1.54) is 0 Å². The Balaban J connectivity index is 3.10. The molecule has 0 atom stereocenters. The first-order valence-electron chi connectivity index (χ1n) is 4.02. The van der Waals surface area contributed by atoms with E-state index < -0.39 is 0 Å². The van der Waals surface area contributed by atoms with Crippen molar-refractivity contribution >= 4 is 11.6 Å². The topological polar surface area (TPSA) is 12.5 Å². The lowest BCUT2D eigenvalue weighted by atomic mass is 10.3. The molecule has 3 heteroatoms. The zero-order valence-electron chi connectivity index (χ0n) is 7.64. The highest BCUT2D eigenvalue weighted by atomic mass is 35.5. The molecule has 0 aliphatic heterocycles. The molecule has 0 spiro atoms. The molecule has 0 aromatic heterocycles. The van der Waals surface area contributed by atoms with Gasteiger partial charge >= 0.3 is 0 Å². The smallest absolute Gasteiger partial charge is 0.0602 e. The monoisotopic (exact) mass is 179 g/mol. The number of nitrogens with zero attached hydrogens (tertiary/aromatic N) is 1. The van der Waals surface area contributed by atoms with Gasteiger partial charge in [-0.25, -0.2) is 0 Å². The van der Waals surface area contributed by atoms with E-state index in [9.17, 15) is 0 Å². The number of rotatable bonds is 6. The van der Waals surface area contributed by atoms with Gasteiger partial charge in [0.2, 0.25) is 0 Å². The van der Waals surface area contributed by atoms with Gasteiger partial charge in [-0.2, -0.15) is 0 Å². The molecule has 0 aromatic carbocycles. The fraction of sp³-hybridized carbons (Fsp3) is 1.00. The van der Waals surface area contributed by atoms with E-state index >= 15 is 0 Å². The summed E-state index contributed by atoms with van der Waals surface area (Å²) in [5, 5.41) is 0. The third-order valence-electron chi connectivity index (χ3n) is 1.69. The Kier molecular flexibility index (Phi) is 7.02. The van der Waals surface area contributed by atoms with Crippen LogP contribution in [0.2, 0.25) is 0 Å². The maximum Gasteiger partial charge on any atom is 0.0602 e. The lowest BCUT2D eigenvalue weighted by Gasteiger charge is -2.20. The van der Waals surface area contributed by atoms with E-state index in [0.29, 0.717) is 18.5 Å². The zero-order valence-corrected chi connectivity index (χ0v) is 8.40. The highest BCUT2D eigenvalue weighted by Crippen LogP contribution is 1.92. The Morgan fingerprint density at radius 1 is 1.36 bits per heavy atom. The first kappa shape index (κ1) is 11.2. The molecule has 0 saturated carbocycles. The van der Waals surface area contributed by atoms with Gasteiger partial charge in [-0.05, 0) is 20.9 Å². The molecule has 2 nitrogen and oxygen atoms in total. The average Bonchev–Trinajstić information content (AvgIpc) is 1.97. The van der Waals surface area contributed by atoms with Crippen molar-refractivity contribution in [2.24, 2.45) is 0 Å². The molecule has 0 fully saturated rings. The van der Waals surface area contributed by atoms with Gasteiger partial charge in [-0.3, -0.25) is 0 Å². The van der Waals surface area contributed by atoms with E-state index in [4.69, 9.17) is 16.3 Å². The Hall–Kier alpha value is 0.210. The highest BCUT2D eigenvalue weighted by Gasteiger charge is 2.00. The SMILES string of the molecule is CC(C)N(C)CCOCCCl. The van der Waals surface area contributed by atoms with Crippen molar-refractivity contribution in [3.05, 3.63) is 0 Å². The van der Waals surface area contributed by atoms with E-state index in [-0.39, 0.29) is 0 Å². The van der Waals surface area contributed by atoms with Gasteiger partial charge in [0, 0.05) is 18.5 Å². The van der Waals surface area contributed by atoms with Crippen LogP contribution in [0.3, 0.4) is 0 Å². The minimum Gasteiger partial charge on any atom is -0.379 e. The van der Waals surface area contributed by atoms with Crippen LogP contribution in [0.1, 0.15) is 13.8 Å². The first-order chi connectivity index (χ1) is 5.18. The standard InChI is InChI=1S/C8H18ClNO/c1-8(2)10(3)5-7-11-6-4-9/h8H,4-7H2,1-3H3. The van der Waals surface area contributed by atoms with Crippen LogP contribution in [-0.4, -0.2) is 43.6 Å². The van der Waals surface area contributed by atoms with Crippen LogP contribution in [0.25, 0.3) is 0 Å². The van der Waals surface area contributed by atoms with Crippen LogP contribution in [-0.2, 0) is 4.74 Å². The predicted molar refractivity (Wildman–Crippen MR) is 49.3 cm³/mol. The van der Waals surface area contributed by atoms with Crippen molar-refractivity contribution in [1.82, 2.24) is 4.90 Å². The number of alkyl halides is 1. The van der Waals surface area contributed by atoms with Gasteiger partial charge in [-0.15, -0.1) is 11.6 Å². The molecule has 11 heavy (non-hydrogen) atoms. The Bertz CT molecular complexity index is 88.2. The Labute approximate surface area is 74.5 Å². The average molecular weight is 180 g/mol. The second kappa shape index (κ2) is 6.89. The third kappa shape index (κ3) is 6.60. The maximum absolute atomic E-state index is 5.44. The largest absolute Gasteiger partial charge is 0.379 e. The molecule has 0 heterocycles. The molecule has 0 unspecified atom stereocenters. The molecule has 0 bridgehead atoms. The summed E-state index contributed by atoms with van der Waals surface area (Å²) in [5.74, 6) is 0.589. The summed E-state index contributed by atoms with van der Waals surface area (Å²) >= 11 is 5.44. The first-order valence-corrected chi connectivity index (χ1v) is 4.56. The van der Waals surface area contributed by atoms with Crippen molar-refractivity contribution in [2.45, 2.75) is 19.9 Å². The molecular formula is C8H18ClNO. The van der Waals surface area contributed by atoms with E-state index in [1.807, 2.05) is 0 Å². The number of ether oxygens (including phenoxy) is 1. The fourth-order valence-corrected chi connectivity index (χ4v) is 0.732. The molecule has 68 valence electrons. The summed E-state index contributed by atoms with van der Waals surface area (Å²) in [6.45, 7) is 6.76. The van der Waals surface area contributed by atoms with Crippen molar-refractivity contribution < 1.29 is 4.74 Å². The summed E-state index contributed by atoms with van der Waals surface area (Å²) in [6, 6.07) is 0.592. The second-order valence-corrected chi connectivity index (χ2v) is 3.25. The minimum atomic E-state index is 0.589. The normalized spacial score (nSPS) is 11.5. The van der Waals surface area contributed by atoms with Crippen LogP contribution in [0, 0.1) is 0 Å². The molecule has 0 aromatic rings. The lowest BCUT2D eigenvalue weighted by Crippen LogP contribution is -2.29. The fourth-order valence-electron chi connectivity index (χ4n) is 0.623. The Morgan fingerprint density at radius 3 is 2.45 bits per heavy atom. The third-order valence-corrected chi connectivity index (χ3v) is 1.85. The summed E-state index contributed by atoms with van der Waals surface area (Å²) in [7, 11) is 2.09. The van der Waals surface area contributed by atoms with Gasteiger partial charge in [0.1, 0.15) is 0 Å². The summed E-state index contributed by atoms with van der Waals surface area (Å²) in [4.78, 5) is 2.24. The Morgan fingerprint density at radius 2 is 2.00 bits per heavy atom. The van der Waals surface area contributed by atoms with Gasteiger partial charge in [-0.1, -0.05) is 0 Å². The van der Waals surface area contributed by atoms with E-state index in [0.717, 1.165) is 13.2 Å². The van der Waals surface area contributed by atoms with E-state index in [2.05, 4.69) is 25.8 Å². The molecule has 0 aliphatic carbocycles. The van der Waals surface area contributed by atoms with Crippen molar-refractivity contribution in [2.75, 3.05) is 32.7 Å². The van der Waals surface area contributed by atoms with Gasteiger partial charge in [0.15, 0.2) is 0 Å². The number of halogens is 1. The molecule has 0 rings (SSSR count). The summed E-state index contributed by atoms with van der Waals surface area (Å²) in [6.07, 6.45) is 0. The minimum absolute atomic E-state index is 0.589. The molecular weight excluding hydrogens is 162 g/mol. The lowest BCUT2D eigenvalue weighted by molar-refractivity contribution is 0.114. The van der Waals surface area contributed by atoms with Gasteiger partial charge < -0.3 is 9.64 Å². The van der Waals surface area contributed by atoms with E-state index in [1.54, 1.807) is 0 Å². The van der Waals surface area contributed by atoms with Crippen LogP contribution in [0.5, 0.6) is 0 Å². The number of hydrogen-bond acceptors (Lipinski definition) is 2. The quantitative estimate of drug-likeness (QED) is 0.454. The van der Waals surface area contributed by atoms with Crippen LogP contribution in [0.4, 0.5) is 0 Å². The molecule has 0 radical (unpaired) electrons. The van der Waals surface area contributed by atoms with Gasteiger partial charge in [0.05, 0.1) is 13.2 Å². The summed E-state index contributed by atoms with van der Waals surface area (Å²) in [5.41, 5.74) is 0. The summed E-state index contributed by atoms with van der Waals surface area (Å²) < 4.78 is 5.23. The molecule has 0 aliphatic rings. The van der Waals surface area contributed by atoms with Crippen LogP contribution < -0.4 is 0 Å². The van der Waals surface area contributed by atoms with Crippen molar-refractivity contribution in [3.8, 4) is 0 Å². The van der Waals surface area contributed by atoms with Crippen LogP contribution in [0.15, 0.2) is 0 Å². The van der Waals surface area contributed by atoms with Gasteiger partial charge in [0.25, 0.3) is 0 Å². The van der Waals surface area contributed by atoms with Crippen LogP contribution >= 0.6 is 11.6 Å². The second-order valence-electron chi connectivity index (χ2n) is 2.88. The number of likely N-dealkylation sites (N-methyl/N-ethyl adjacent to an activating group) is 1. The molecule has 0 saturated heterocycles. The number of hydrogen-bond donors (Lipinski definition) is 0. The van der Waals surface area contributed by atoms with Crippen molar-refractivity contribution in [1.29, 1.82) is 0 Å². The predicted octanol–water partition coefficient (Wildman–Crippen LogP) is 1.58. The van der Waals surface area contributed by atoms with Crippen molar-refractivity contribution in [3.63, 3.8) is 0 Å². The maximum atomic E-state index is 5.44. The highest BCUT2D eigenvalue weighted by molar-refractivity contribution is 6.17. The molecule has 0 amide bonds.